The molecule has 3 aromatic rings. The van der Waals surface area contributed by atoms with E-state index in [9.17, 15) is 13.2 Å². The van der Waals surface area contributed by atoms with Gasteiger partial charge in [0.2, 0.25) is 9.47 Å². The number of nitrogens with zero attached hydrogens (tertiary/aromatic N) is 3. The van der Waals surface area contributed by atoms with Crippen LogP contribution in [-0.2, 0) is 10.0 Å². The number of anilines is 2. The Bertz CT molecular complexity index is 1250. The Kier molecular flexibility index (Phi) is 7.30. The van der Waals surface area contributed by atoms with E-state index < -0.39 is 16.1 Å². The van der Waals surface area contributed by atoms with Gasteiger partial charge in [0.1, 0.15) is 0 Å². The van der Waals surface area contributed by atoms with Gasteiger partial charge in [-0.2, -0.15) is 0 Å². The molecule has 180 valence electrons. The third-order valence-corrected chi connectivity index (χ3v) is 8.76. The maximum atomic E-state index is 12.9. The topological polar surface area (TPSA) is 104 Å². The third kappa shape index (κ3) is 5.81. The number of benzene rings is 2. The van der Waals surface area contributed by atoms with E-state index in [1.54, 1.807) is 25.1 Å². The highest BCUT2D eigenvalue weighted by molar-refractivity contribution is 7.91. The van der Waals surface area contributed by atoms with Gasteiger partial charge in [0.15, 0.2) is 0 Å². The Balaban J connectivity index is 1.39. The molecule has 0 radical (unpaired) electrons. The molecule has 2 aromatic carbocycles. The van der Waals surface area contributed by atoms with Gasteiger partial charge >= 0.3 is 0 Å². The standard InChI is InChI=1S/C24H29N5O3S2/c1-16-11-13-29(14-12-16)21-9-7-19(8-10-21)18(3)28-34(31,32)24-27-26-23(33-24)25-22(30)20-6-4-5-17(2)15-20/h4-10,15-16,18,28H,11-14H2,1-3H3,(H,25,26,30). The number of hydrogen-bond acceptors (Lipinski definition) is 7. The van der Waals surface area contributed by atoms with Crippen LogP contribution in [0.25, 0.3) is 0 Å². The van der Waals surface area contributed by atoms with Crippen LogP contribution in [0.1, 0.15) is 54.2 Å². The molecule has 2 N–H and O–H groups in total. The first-order chi connectivity index (χ1) is 16.2. The fourth-order valence-electron chi connectivity index (χ4n) is 3.92. The SMILES string of the molecule is Cc1cccc(C(=O)Nc2nnc(S(=O)(=O)NC(C)c3ccc(N4CCC(C)CC4)cc3)s2)c1. The summed E-state index contributed by atoms with van der Waals surface area (Å²) in [5.74, 6) is 0.398. The zero-order valence-corrected chi connectivity index (χ0v) is 21.1. The van der Waals surface area contributed by atoms with Crippen LogP contribution in [0.4, 0.5) is 10.8 Å². The number of piperidine rings is 1. The van der Waals surface area contributed by atoms with E-state index >= 15 is 0 Å². The van der Waals surface area contributed by atoms with Crippen molar-refractivity contribution in [1.29, 1.82) is 0 Å². The van der Waals surface area contributed by atoms with Gasteiger partial charge in [-0.15, -0.1) is 10.2 Å². The van der Waals surface area contributed by atoms with Crippen molar-refractivity contribution >= 4 is 38.1 Å². The molecule has 1 aliphatic rings. The number of rotatable bonds is 7. The number of aryl methyl sites for hydroxylation is 1. The van der Waals surface area contributed by atoms with Gasteiger partial charge in [0, 0.05) is 30.4 Å². The van der Waals surface area contributed by atoms with Gasteiger partial charge in [0.05, 0.1) is 0 Å². The summed E-state index contributed by atoms with van der Waals surface area (Å²) < 4.78 is 28.2. The quantitative estimate of drug-likeness (QED) is 0.468. The van der Waals surface area contributed by atoms with Crippen LogP contribution in [0.2, 0.25) is 0 Å². The predicted octanol–water partition coefficient (Wildman–Crippen LogP) is 4.37. The Morgan fingerprint density at radius 3 is 2.50 bits per heavy atom. The first kappa shape index (κ1) is 24.3. The van der Waals surface area contributed by atoms with Gasteiger partial charge in [-0.3, -0.25) is 10.1 Å². The highest BCUT2D eigenvalue weighted by Gasteiger charge is 2.24. The van der Waals surface area contributed by atoms with Gasteiger partial charge in [-0.25, -0.2) is 13.1 Å². The number of hydrogen-bond donors (Lipinski definition) is 2. The van der Waals surface area contributed by atoms with E-state index in [0.29, 0.717) is 5.56 Å². The van der Waals surface area contributed by atoms with Crippen molar-refractivity contribution in [2.24, 2.45) is 5.92 Å². The number of carbonyl (C=O) groups is 1. The summed E-state index contributed by atoms with van der Waals surface area (Å²) in [6, 6.07) is 14.6. The van der Waals surface area contributed by atoms with E-state index in [1.165, 1.54) is 12.8 Å². The van der Waals surface area contributed by atoms with Crippen molar-refractivity contribution in [2.45, 2.75) is 44.0 Å². The van der Waals surface area contributed by atoms with Crippen molar-refractivity contribution < 1.29 is 13.2 Å². The van der Waals surface area contributed by atoms with Crippen molar-refractivity contribution in [3.05, 3.63) is 65.2 Å². The molecular weight excluding hydrogens is 470 g/mol. The van der Waals surface area contributed by atoms with Crippen LogP contribution in [0, 0.1) is 12.8 Å². The maximum Gasteiger partial charge on any atom is 0.270 e. The van der Waals surface area contributed by atoms with E-state index in [-0.39, 0.29) is 15.4 Å². The number of amides is 1. The minimum atomic E-state index is -3.90. The summed E-state index contributed by atoms with van der Waals surface area (Å²) in [5.41, 5.74) is 3.43. The second kappa shape index (κ2) is 10.2. The summed E-state index contributed by atoms with van der Waals surface area (Å²) in [6.45, 7) is 8.05. The lowest BCUT2D eigenvalue weighted by molar-refractivity contribution is 0.102. The van der Waals surface area contributed by atoms with E-state index in [1.807, 2.05) is 37.3 Å². The summed E-state index contributed by atoms with van der Waals surface area (Å²) in [7, 11) is -3.90. The fourth-order valence-corrected chi connectivity index (χ4v) is 6.06. The molecule has 2 heterocycles. The zero-order valence-electron chi connectivity index (χ0n) is 19.5. The average molecular weight is 500 g/mol. The number of aromatic nitrogens is 2. The molecule has 4 rings (SSSR count). The second-order valence-electron chi connectivity index (χ2n) is 8.80. The van der Waals surface area contributed by atoms with Gasteiger partial charge < -0.3 is 4.90 Å². The zero-order chi connectivity index (χ0) is 24.3. The fraction of sp³-hybridized carbons (Fsp3) is 0.375. The Morgan fingerprint density at radius 1 is 1.12 bits per heavy atom. The molecule has 0 aliphatic carbocycles. The van der Waals surface area contributed by atoms with Gasteiger partial charge in [-0.1, -0.05) is 48.1 Å². The molecule has 1 saturated heterocycles. The molecule has 10 heteroatoms. The highest BCUT2D eigenvalue weighted by atomic mass is 32.2. The van der Waals surface area contributed by atoms with Gasteiger partial charge in [-0.05, 0) is 62.4 Å². The van der Waals surface area contributed by atoms with Gasteiger partial charge in [0.25, 0.3) is 15.9 Å². The van der Waals surface area contributed by atoms with Crippen molar-refractivity contribution in [3.8, 4) is 0 Å². The van der Waals surface area contributed by atoms with Crippen LogP contribution in [0.3, 0.4) is 0 Å². The highest BCUT2D eigenvalue weighted by Crippen LogP contribution is 2.26. The van der Waals surface area contributed by atoms with Crippen LogP contribution < -0.4 is 14.9 Å². The molecule has 1 aliphatic heterocycles. The molecule has 0 bridgehead atoms. The van der Waals surface area contributed by atoms with Crippen molar-refractivity contribution in [2.75, 3.05) is 23.3 Å². The first-order valence-electron chi connectivity index (χ1n) is 11.3. The molecule has 1 aromatic heterocycles. The van der Waals surface area contributed by atoms with Crippen LogP contribution in [-0.4, -0.2) is 37.6 Å². The normalized spacial score (nSPS) is 15.8. The van der Waals surface area contributed by atoms with E-state index in [2.05, 4.69) is 32.1 Å². The molecule has 1 fully saturated rings. The smallest absolute Gasteiger partial charge is 0.270 e. The summed E-state index contributed by atoms with van der Waals surface area (Å²) >= 11 is 0.814. The molecule has 8 nitrogen and oxygen atoms in total. The summed E-state index contributed by atoms with van der Waals surface area (Å²) in [6.07, 6.45) is 2.38. The molecule has 0 spiro atoms. The largest absolute Gasteiger partial charge is 0.372 e. The number of nitrogens with one attached hydrogen (secondary N) is 2. The predicted molar refractivity (Wildman–Crippen MR) is 135 cm³/mol. The lowest BCUT2D eigenvalue weighted by Crippen LogP contribution is -2.32. The molecule has 0 saturated carbocycles. The lowest BCUT2D eigenvalue weighted by atomic mass is 9.98. The summed E-state index contributed by atoms with van der Waals surface area (Å²) in [5, 5.41) is 10.3. The van der Waals surface area contributed by atoms with Crippen LogP contribution in [0.5, 0.6) is 0 Å². The third-order valence-electron chi connectivity index (χ3n) is 6.01. The Labute approximate surface area is 204 Å². The Hall–Kier alpha value is -2.82. The Morgan fingerprint density at radius 2 is 1.82 bits per heavy atom. The molecule has 34 heavy (non-hydrogen) atoms. The monoisotopic (exact) mass is 499 g/mol. The van der Waals surface area contributed by atoms with E-state index in [4.69, 9.17) is 0 Å². The van der Waals surface area contributed by atoms with Crippen molar-refractivity contribution in [3.63, 3.8) is 0 Å². The molecular formula is C24H29N5O3S2. The average Bonchev–Trinajstić information content (AvgIpc) is 3.29. The minimum absolute atomic E-state index is 0.125. The summed E-state index contributed by atoms with van der Waals surface area (Å²) in [4.78, 5) is 14.8. The van der Waals surface area contributed by atoms with E-state index in [0.717, 1.165) is 47.2 Å². The molecule has 1 atom stereocenters. The van der Waals surface area contributed by atoms with Crippen LogP contribution in [0.15, 0.2) is 52.9 Å². The van der Waals surface area contributed by atoms with Crippen molar-refractivity contribution in [1.82, 2.24) is 14.9 Å². The maximum absolute atomic E-state index is 12.9. The van der Waals surface area contributed by atoms with Crippen LogP contribution >= 0.6 is 11.3 Å². The minimum Gasteiger partial charge on any atom is -0.372 e. The lowest BCUT2D eigenvalue weighted by Gasteiger charge is -2.32. The molecule has 1 unspecified atom stereocenters. The second-order valence-corrected chi connectivity index (χ2v) is 11.7. The number of sulfonamides is 1. The molecule has 1 amide bonds. The first-order valence-corrected chi connectivity index (χ1v) is 13.6. The number of carbonyl (C=O) groups excluding carboxylic acids is 1.